The third kappa shape index (κ3) is 14.0. The number of anilines is 1. The highest BCUT2D eigenvalue weighted by atomic mass is 19.4. The zero-order chi connectivity index (χ0) is 44.2. The maximum absolute atomic E-state index is 13.0. The number of halogens is 3. The zero-order valence-corrected chi connectivity index (χ0v) is 34.3. The van der Waals surface area contributed by atoms with E-state index in [1.807, 2.05) is 55.0 Å². The van der Waals surface area contributed by atoms with Crippen molar-refractivity contribution < 1.29 is 46.7 Å². The Kier molecular flexibility index (Phi) is 19.4. The molecule has 0 saturated carbocycles. The first-order chi connectivity index (χ1) is 28.9. The number of aryl methyl sites for hydroxylation is 1. The molecule has 0 aliphatic carbocycles. The number of unbranched alkanes of at least 4 members (excludes halogenated alkanes) is 1. The summed E-state index contributed by atoms with van der Waals surface area (Å²) in [6, 6.07) is 21.5. The number of rotatable bonds is 13. The molecule has 6 rings (SSSR count). The lowest BCUT2D eigenvalue weighted by atomic mass is 9.86. The van der Waals surface area contributed by atoms with Crippen molar-refractivity contribution in [3.63, 3.8) is 0 Å². The lowest BCUT2D eigenvalue weighted by Gasteiger charge is -2.38. The second-order valence-corrected chi connectivity index (χ2v) is 14.4. The molecule has 3 N–H and O–H groups in total. The summed E-state index contributed by atoms with van der Waals surface area (Å²) in [5.41, 5.74) is 8.87. The average Bonchev–Trinajstić information content (AvgIpc) is 3.24. The minimum absolute atomic E-state index is 0.141. The number of hydrogen-bond donors (Lipinski definition) is 2. The number of amides is 3. The van der Waals surface area contributed by atoms with Crippen LogP contribution in [0.2, 0.25) is 0 Å². The molecule has 2 aliphatic rings. The van der Waals surface area contributed by atoms with Gasteiger partial charge in [0, 0.05) is 62.7 Å². The van der Waals surface area contributed by atoms with E-state index in [0.717, 1.165) is 97.3 Å². The molecule has 0 spiro atoms. The van der Waals surface area contributed by atoms with Crippen LogP contribution in [0.25, 0.3) is 10.8 Å². The lowest BCUT2D eigenvalue weighted by Crippen LogP contribution is -2.45. The first-order valence-corrected chi connectivity index (χ1v) is 19.6. The first-order valence-electron chi connectivity index (χ1n) is 19.6. The topological polar surface area (TPSA) is 159 Å². The van der Waals surface area contributed by atoms with Crippen LogP contribution < -0.4 is 20.8 Å². The van der Waals surface area contributed by atoms with Crippen molar-refractivity contribution >= 4 is 54.0 Å². The Morgan fingerprint density at radius 2 is 1.58 bits per heavy atom. The summed E-state index contributed by atoms with van der Waals surface area (Å²) in [6.07, 6.45) is 3.31. The number of hydrogen-bond acceptors (Lipinski definition) is 9. The van der Waals surface area contributed by atoms with Gasteiger partial charge >= 0.3 is 6.18 Å². The summed E-state index contributed by atoms with van der Waals surface area (Å²) in [4.78, 5) is 69.6. The highest BCUT2D eigenvalue weighted by Gasteiger charge is 2.30. The number of alkyl halides is 3. The Morgan fingerprint density at radius 1 is 0.917 bits per heavy atom. The first kappa shape index (κ1) is 48.3. The van der Waals surface area contributed by atoms with Gasteiger partial charge in [0.15, 0.2) is 6.29 Å². The van der Waals surface area contributed by atoms with Gasteiger partial charge in [-0.05, 0) is 112 Å². The maximum Gasteiger partial charge on any atom is 0.416 e. The van der Waals surface area contributed by atoms with Crippen LogP contribution in [0.3, 0.4) is 0 Å². The fourth-order valence-electron chi connectivity index (χ4n) is 6.98. The van der Waals surface area contributed by atoms with Crippen LogP contribution in [-0.4, -0.2) is 87.8 Å². The molecule has 2 saturated heterocycles. The van der Waals surface area contributed by atoms with E-state index in [1.165, 1.54) is 32.6 Å². The minimum atomic E-state index is -4.34. The molecule has 4 aromatic carbocycles. The number of carbonyl (C=O) groups is 6. The summed E-state index contributed by atoms with van der Waals surface area (Å²) >= 11 is 0. The van der Waals surface area contributed by atoms with Gasteiger partial charge in [-0.3, -0.25) is 29.6 Å². The van der Waals surface area contributed by atoms with E-state index in [0.29, 0.717) is 42.5 Å². The van der Waals surface area contributed by atoms with Gasteiger partial charge in [-0.2, -0.15) is 13.2 Å². The monoisotopic (exact) mass is 833 g/mol. The standard InChI is InChI=1S/C25H34N4O5.C18H13F3O.CH5N.CH2O/c1-27(26-24(33)4-2-3-13-30)25(34)23-14-22(8-7-21(23)17-31)29-11-9-19(10-12-29)5-6-20-15-28(16-20)18-32;1-12-5-10-16-13(11-12)3-2-4-17(16)22-15-8-6-14(7-9-15)18(19,20)21;2*1-2/h7-8,13-14,17-20H,2-6,9-12,15-16H2,1H3,(H,26,33);2-11H,1H3;2H2,1H3;1H2. The number of aldehydes is 2. The summed E-state index contributed by atoms with van der Waals surface area (Å²) < 4.78 is 43.4. The molecule has 0 unspecified atom stereocenters. The molecule has 3 amide bonds. The Labute approximate surface area is 348 Å². The normalized spacial score (nSPS) is 13.8. The van der Waals surface area contributed by atoms with E-state index in [-0.39, 0.29) is 23.5 Å². The number of piperidine rings is 1. The molecular formula is C45H54F3N5O7. The number of nitrogens with zero attached hydrogens (tertiary/aromatic N) is 3. The van der Waals surface area contributed by atoms with E-state index in [1.54, 1.807) is 18.2 Å². The van der Waals surface area contributed by atoms with Gasteiger partial charge in [-0.25, -0.2) is 0 Å². The van der Waals surface area contributed by atoms with Crippen molar-refractivity contribution in [2.24, 2.45) is 17.6 Å². The fraction of sp³-hybridized carbons (Fsp3) is 0.378. The zero-order valence-electron chi connectivity index (χ0n) is 34.3. The molecule has 0 atom stereocenters. The molecule has 15 heteroatoms. The molecule has 2 aliphatic heterocycles. The van der Waals surface area contributed by atoms with Gasteiger partial charge in [0.1, 0.15) is 24.6 Å². The second kappa shape index (κ2) is 24.1. The predicted octanol–water partition coefficient (Wildman–Crippen LogP) is 7.41. The van der Waals surface area contributed by atoms with Crippen LogP contribution in [-0.2, 0) is 25.4 Å². The lowest BCUT2D eigenvalue weighted by molar-refractivity contribution is -0.137. The van der Waals surface area contributed by atoms with Crippen molar-refractivity contribution in [2.75, 3.05) is 45.2 Å². The third-order valence-electron chi connectivity index (χ3n) is 10.2. The number of likely N-dealkylation sites (tertiary alicyclic amines) is 1. The summed E-state index contributed by atoms with van der Waals surface area (Å²) in [5.74, 6) is 1.47. The molecule has 2 heterocycles. The van der Waals surface area contributed by atoms with Gasteiger partial charge in [0.05, 0.1) is 11.1 Å². The average molecular weight is 834 g/mol. The number of carbonyl (C=O) groups excluding carboxylic acids is 6. The maximum atomic E-state index is 13.0. The van der Waals surface area contributed by atoms with Crippen molar-refractivity contribution in [3.05, 3.63) is 101 Å². The van der Waals surface area contributed by atoms with Gasteiger partial charge in [-0.15, -0.1) is 0 Å². The van der Waals surface area contributed by atoms with Crippen LogP contribution in [0.15, 0.2) is 78.9 Å². The van der Waals surface area contributed by atoms with Crippen LogP contribution in [0.5, 0.6) is 11.5 Å². The van der Waals surface area contributed by atoms with Gasteiger partial charge < -0.3 is 29.9 Å². The molecule has 4 aromatic rings. The molecule has 2 fully saturated rings. The van der Waals surface area contributed by atoms with E-state index in [4.69, 9.17) is 9.53 Å². The molecule has 0 aromatic heterocycles. The fourth-order valence-corrected chi connectivity index (χ4v) is 6.98. The highest BCUT2D eigenvalue weighted by Crippen LogP contribution is 2.34. The Morgan fingerprint density at radius 3 is 2.20 bits per heavy atom. The van der Waals surface area contributed by atoms with Crippen LogP contribution in [0.1, 0.15) is 76.8 Å². The highest BCUT2D eigenvalue weighted by molar-refractivity contribution is 6.02. The molecule has 0 bridgehead atoms. The van der Waals surface area contributed by atoms with Gasteiger partial charge in [-0.1, -0.05) is 35.9 Å². The SMILES string of the molecule is C=O.CN.CN(NC(=O)CCCC=O)C(=O)c1cc(N2CCC(CCC3CN(C=O)C3)CC2)ccc1C=O.Cc1ccc2c(Oc3ccc(C(F)(F)F)cc3)cccc2c1. The summed E-state index contributed by atoms with van der Waals surface area (Å²) in [5, 5.41) is 3.05. The molecule has 0 radical (unpaired) electrons. The number of fused-ring (bicyclic) bond motifs is 1. The minimum Gasteiger partial charge on any atom is -0.457 e. The molecule has 60 heavy (non-hydrogen) atoms. The Bertz CT molecular complexity index is 2020. The third-order valence-corrected chi connectivity index (χ3v) is 10.2. The quantitative estimate of drug-likeness (QED) is 0.0795. The smallest absolute Gasteiger partial charge is 0.416 e. The van der Waals surface area contributed by atoms with Crippen molar-refractivity contribution in [3.8, 4) is 11.5 Å². The Hall–Kier alpha value is -6.09. The number of nitrogens with one attached hydrogen (secondary N) is 1. The van der Waals surface area contributed by atoms with Gasteiger partial charge in [0.2, 0.25) is 12.3 Å². The number of nitrogens with two attached hydrogens (primary N) is 1. The van der Waals surface area contributed by atoms with Crippen LogP contribution >= 0.6 is 0 Å². The molecular weight excluding hydrogens is 780 g/mol. The Balaban J connectivity index is 0.000000318. The van der Waals surface area contributed by atoms with Gasteiger partial charge in [0.25, 0.3) is 5.91 Å². The van der Waals surface area contributed by atoms with E-state index in [2.05, 4.69) is 16.1 Å². The van der Waals surface area contributed by atoms with E-state index >= 15 is 0 Å². The molecule has 12 nitrogen and oxygen atoms in total. The van der Waals surface area contributed by atoms with Crippen molar-refractivity contribution in [2.45, 2.75) is 58.0 Å². The number of ether oxygens (including phenoxy) is 1. The van der Waals surface area contributed by atoms with Crippen molar-refractivity contribution in [1.29, 1.82) is 0 Å². The van der Waals surface area contributed by atoms with Crippen molar-refractivity contribution in [1.82, 2.24) is 15.3 Å². The summed E-state index contributed by atoms with van der Waals surface area (Å²) in [6.45, 7) is 7.54. The number of hydrazine groups is 1. The predicted molar refractivity (Wildman–Crippen MR) is 225 cm³/mol. The second-order valence-electron chi connectivity index (χ2n) is 14.4. The number of benzene rings is 4. The van der Waals surface area contributed by atoms with E-state index in [9.17, 15) is 37.1 Å². The largest absolute Gasteiger partial charge is 0.457 e. The molecule has 322 valence electrons. The van der Waals surface area contributed by atoms with Crippen LogP contribution in [0, 0.1) is 18.8 Å². The van der Waals surface area contributed by atoms with Crippen LogP contribution in [0.4, 0.5) is 18.9 Å². The van der Waals surface area contributed by atoms with E-state index < -0.39 is 17.6 Å². The summed E-state index contributed by atoms with van der Waals surface area (Å²) in [7, 11) is 2.95.